The van der Waals surface area contributed by atoms with Crippen molar-refractivity contribution < 1.29 is 13.2 Å². The van der Waals surface area contributed by atoms with Crippen LogP contribution in [0.2, 0.25) is 0 Å². The molecule has 5 nitrogen and oxygen atoms in total. The number of methoxy groups -OCH3 is 1. The second-order valence-electron chi connectivity index (χ2n) is 5.51. The second kappa shape index (κ2) is 9.30. The Bertz CT molecular complexity index is 701. The average molecular weight is 348 g/mol. The fraction of sp³-hybridized carbons (Fsp3) is 0.333. The van der Waals surface area contributed by atoms with E-state index in [0.717, 1.165) is 24.2 Å². The Labute approximate surface area is 144 Å². The van der Waals surface area contributed by atoms with Gasteiger partial charge in [-0.1, -0.05) is 30.3 Å². The fourth-order valence-corrected chi connectivity index (χ4v) is 3.33. The second-order valence-corrected chi connectivity index (χ2v) is 7.35. The van der Waals surface area contributed by atoms with Gasteiger partial charge in [0.15, 0.2) is 0 Å². The summed E-state index contributed by atoms with van der Waals surface area (Å²) in [6.45, 7) is 1.53. The van der Waals surface area contributed by atoms with Crippen LogP contribution in [0.3, 0.4) is 0 Å². The van der Waals surface area contributed by atoms with E-state index < -0.39 is 10.0 Å². The minimum absolute atomic E-state index is 0.0635. The van der Waals surface area contributed by atoms with Crippen LogP contribution in [0.1, 0.15) is 12.0 Å². The van der Waals surface area contributed by atoms with E-state index in [1.54, 1.807) is 19.2 Å². The molecule has 0 saturated heterocycles. The summed E-state index contributed by atoms with van der Waals surface area (Å²) in [5.74, 6) is 0.0635. The van der Waals surface area contributed by atoms with E-state index in [4.69, 9.17) is 4.74 Å². The standard InChI is InChI=1S/C18H24N2O3S/c1-23-14-5-13-19-17-8-10-18(11-9-17)20-24(21,22)15-12-16-6-3-2-4-7-16/h2-4,6-11,19-20H,5,12-15H2,1H3. The largest absolute Gasteiger partial charge is 0.385 e. The predicted octanol–water partition coefficient (Wildman–Crippen LogP) is 3.12. The Hall–Kier alpha value is -2.05. The molecule has 24 heavy (non-hydrogen) atoms. The van der Waals surface area contributed by atoms with Crippen LogP contribution in [0.15, 0.2) is 54.6 Å². The molecule has 0 aliphatic heterocycles. The average Bonchev–Trinajstić information content (AvgIpc) is 2.59. The van der Waals surface area contributed by atoms with Gasteiger partial charge in [-0.05, 0) is 42.7 Å². The highest BCUT2D eigenvalue weighted by Gasteiger charge is 2.10. The van der Waals surface area contributed by atoms with Crippen molar-refractivity contribution in [2.24, 2.45) is 0 Å². The first kappa shape index (κ1) is 18.3. The first-order chi connectivity index (χ1) is 11.6. The topological polar surface area (TPSA) is 67.4 Å². The Balaban J connectivity index is 1.83. The molecule has 2 aromatic rings. The molecule has 0 fully saturated rings. The van der Waals surface area contributed by atoms with Gasteiger partial charge in [0, 0.05) is 31.6 Å². The lowest BCUT2D eigenvalue weighted by Crippen LogP contribution is -2.18. The number of aryl methyl sites for hydroxylation is 1. The number of rotatable bonds is 10. The van der Waals surface area contributed by atoms with Gasteiger partial charge in [0.1, 0.15) is 0 Å². The number of hydrogen-bond donors (Lipinski definition) is 2. The predicted molar refractivity (Wildman–Crippen MR) is 99.0 cm³/mol. The molecule has 0 spiro atoms. The quantitative estimate of drug-likeness (QED) is 0.648. The lowest BCUT2D eigenvalue weighted by atomic mass is 10.2. The van der Waals surface area contributed by atoms with Crippen molar-refractivity contribution in [2.45, 2.75) is 12.8 Å². The molecule has 0 aliphatic carbocycles. The molecule has 0 aliphatic rings. The summed E-state index contributed by atoms with van der Waals surface area (Å²) >= 11 is 0. The van der Waals surface area contributed by atoms with Crippen molar-refractivity contribution in [1.29, 1.82) is 0 Å². The van der Waals surface area contributed by atoms with E-state index in [1.807, 2.05) is 42.5 Å². The monoisotopic (exact) mass is 348 g/mol. The molecule has 0 aromatic heterocycles. The maximum Gasteiger partial charge on any atom is 0.233 e. The summed E-state index contributed by atoms with van der Waals surface area (Å²) in [7, 11) is -1.68. The SMILES string of the molecule is COCCCNc1ccc(NS(=O)(=O)CCc2ccccc2)cc1. The van der Waals surface area contributed by atoms with E-state index in [-0.39, 0.29) is 5.75 Å². The van der Waals surface area contributed by atoms with E-state index in [1.165, 1.54) is 0 Å². The van der Waals surface area contributed by atoms with Gasteiger partial charge < -0.3 is 10.1 Å². The maximum absolute atomic E-state index is 12.2. The molecule has 0 atom stereocenters. The number of anilines is 2. The van der Waals surface area contributed by atoms with Gasteiger partial charge in [-0.2, -0.15) is 0 Å². The zero-order valence-corrected chi connectivity index (χ0v) is 14.7. The number of ether oxygens (including phenoxy) is 1. The van der Waals surface area contributed by atoms with Crippen LogP contribution >= 0.6 is 0 Å². The molecule has 0 amide bonds. The number of nitrogens with one attached hydrogen (secondary N) is 2. The molecular weight excluding hydrogens is 324 g/mol. The van der Waals surface area contributed by atoms with Crippen molar-refractivity contribution in [3.05, 3.63) is 60.2 Å². The van der Waals surface area contributed by atoms with Crippen LogP contribution in [0.4, 0.5) is 11.4 Å². The van der Waals surface area contributed by atoms with Gasteiger partial charge >= 0.3 is 0 Å². The third-order valence-electron chi connectivity index (χ3n) is 3.51. The molecule has 0 radical (unpaired) electrons. The van der Waals surface area contributed by atoms with Crippen LogP contribution in [-0.4, -0.2) is 34.4 Å². The summed E-state index contributed by atoms with van der Waals surface area (Å²) in [4.78, 5) is 0. The van der Waals surface area contributed by atoms with Crippen molar-refractivity contribution in [2.75, 3.05) is 36.1 Å². The molecule has 6 heteroatoms. The summed E-state index contributed by atoms with van der Waals surface area (Å²) < 4.78 is 31.9. The van der Waals surface area contributed by atoms with Crippen molar-refractivity contribution in [3.8, 4) is 0 Å². The summed E-state index contributed by atoms with van der Waals surface area (Å²) in [6.07, 6.45) is 1.42. The van der Waals surface area contributed by atoms with Crippen LogP contribution < -0.4 is 10.0 Å². The third-order valence-corrected chi connectivity index (χ3v) is 4.80. The highest BCUT2D eigenvalue weighted by Crippen LogP contribution is 2.15. The van der Waals surface area contributed by atoms with Crippen molar-refractivity contribution in [3.63, 3.8) is 0 Å². The molecule has 0 heterocycles. The molecule has 0 bridgehead atoms. The molecular formula is C18H24N2O3S. The van der Waals surface area contributed by atoms with Gasteiger partial charge in [0.2, 0.25) is 10.0 Å². The van der Waals surface area contributed by atoms with E-state index in [0.29, 0.717) is 18.7 Å². The number of hydrogen-bond acceptors (Lipinski definition) is 4. The van der Waals surface area contributed by atoms with E-state index in [9.17, 15) is 8.42 Å². The maximum atomic E-state index is 12.2. The highest BCUT2D eigenvalue weighted by molar-refractivity contribution is 7.92. The lowest BCUT2D eigenvalue weighted by molar-refractivity contribution is 0.198. The molecule has 2 N–H and O–H groups in total. The van der Waals surface area contributed by atoms with Gasteiger partial charge in [-0.3, -0.25) is 4.72 Å². The van der Waals surface area contributed by atoms with E-state index >= 15 is 0 Å². The smallest absolute Gasteiger partial charge is 0.233 e. The first-order valence-corrected chi connectivity index (χ1v) is 9.61. The Kier molecular flexibility index (Phi) is 7.08. The summed E-state index contributed by atoms with van der Waals surface area (Å²) in [6, 6.07) is 16.9. The molecule has 0 saturated carbocycles. The number of sulfonamides is 1. The molecule has 130 valence electrons. The minimum Gasteiger partial charge on any atom is -0.385 e. The van der Waals surface area contributed by atoms with Crippen LogP contribution in [0.5, 0.6) is 0 Å². The van der Waals surface area contributed by atoms with Crippen molar-refractivity contribution in [1.82, 2.24) is 0 Å². The summed E-state index contributed by atoms with van der Waals surface area (Å²) in [5, 5.41) is 3.26. The number of benzene rings is 2. The first-order valence-electron chi connectivity index (χ1n) is 7.96. The van der Waals surface area contributed by atoms with Crippen molar-refractivity contribution >= 4 is 21.4 Å². The Morgan fingerprint density at radius 1 is 0.958 bits per heavy atom. The highest BCUT2D eigenvalue weighted by atomic mass is 32.2. The molecule has 2 rings (SSSR count). The molecule has 2 aromatic carbocycles. The summed E-state index contributed by atoms with van der Waals surface area (Å²) in [5.41, 5.74) is 2.54. The van der Waals surface area contributed by atoms with Gasteiger partial charge in [0.05, 0.1) is 5.75 Å². The van der Waals surface area contributed by atoms with Crippen LogP contribution in [0.25, 0.3) is 0 Å². The van der Waals surface area contributed by atoms with E-state index in [2.05, 4.69) is 10.0 Å². The lowest BCUT2D eigenvalue weighted by Gasteiger charge is -2.10. The normalized spacial score (nSPS) is 11.2. The minimum atomic E-state index is -3.36. The zero-order chi connectivity index (χ0) is 17.3. The molecule has 0 unspecified atom stereocenters. The Morgan fingerprint density at radius 3 is 2.29 bits per heavy atom. The zero-order valence-electron chi connectivity index (χ0n) is 13.9. The van der Waals surface area contributed by atoms with Gasteiger partial charge in [0.25, 0.3) is 0 Å². The third kappa shape index (κ3) is 6.60. The van der Waals surface area contributed by atoms with Gasteiger partial charge in [-0.25, -0.2) is 8.42 Å². The van der Waals surface area contributed by atoms with Gasteiger partial charge in [-0.15, -0.1) is 0 Å². The fourth-order valence-electron chi connectivity index (χ4n) is 2.23. The van der Waals surface area contributed by atoms with Crippen LogP contribution in [0, 0.1) is 0 Å². The van der Waals surface area contributed by atoms with Crippen LogP contribution in [-0.2, 0) is 21.2 Å². The Morgan fingerprint density at radius 2 is 1.62 bits per heavy atom.